The number of rotatable bonds is 9. The third-order valence-electron chi connectivity index (χ3n) is 8.06. The number of sulfonamides is 1. The third-order valence-corrected chi connectivity index (χ3v) is 9.92. The molecule has 2 aromatic rings. The Balaban J connectivity index is 1.51. The molecule has 1 aromatic carbocycles. The lowest BCUT2D eigenvalue weighted by atomic mass is 9.63. The molecule has 1 amide bonds. The molecule has 0 bridgehead atoms. The van der Waals surface area contributed by atoms with Crippen LogP contribution in [0, 0.1) is 17.2 Å². The van der Waals surface area contributed by atoms with Crippen LogP contribution in [-0.2, 0) is 27.8 Å². The smallest absolute Gasteiger partial charge is 0.241 e. The lowest BCUT2D eigenvalue weighted by Gasteiger charge is -2.48. The number of amides is 1. The maximum absolute atomic E-state index is 13.7. The minimum absolute atomic E-state index is 0.0504. The van der Waals surface area contributed by atoms with Crippen molar-refractivity contribution in [2.75, 3.05) is 13.1 Å². The zero-order chi connectivity index (χ0) is 25.8. The minimum Gasteiger partial charge on any atom is -0.341 e. The van der Waals surface area contributed by atoms with Crippen LogP contribution in [0.1, 0.15) is 64.4 Å². The van der Waals surface area contributed by atoms with E-state index in [0.29, 0.717) is 24.6 Å². The van der Waals surface area contributed by atoms with Crippen molar-refractivity contribution < 1.29 is 17.6 Å². The van der Waals surface area contributed by atoms with E-state index in [-0.39, 0.29) is 23.6 Å². The maximum Gasteiger partial charge on any atom is 0.241 e. The average molecular weight is 520 g/mol. The monoisotopic (exact) mass is 519 g/mol. The zero-order valence-electron chi connectivity index (χ0n) is 21.3. The third kappa shape index (κ3) is 6.32. The van der Waals surface area contributed by atoms with Crippen molar-refractivity contribution in [1.82, 2.24) is 24.4 Å². The summed E-state index contributed by atoms with van der Waals surface area (Å²) in [6, 6.07) is 4.93. The zero-order valence-corrected chi connectivity index (χ0v) is 22.1. The lowest BCUT2D eigenvalue weighted by molar-refractivity contribution is -0.136. The van der Waals surface area contributed by atoms with Gasteiger partial charge in [-0.2, -0.15) is 5.10 Å². The molecular weight excluding hydrogens is 481 g/mol. The van der Waals surface area contributed by atoms with Crippen LogP contribution in [-0.4, -0.2) is 58.4 Å². The predicted octanol–water partition coefficient (Wildman–Crippen LogP) is 3.55. The second kappa shape index (κ2) is 11.4. The molecule has 2 heterocycles. The van der Waals surface area contributed by atoms with Gasteiger partial charge in [-0.05, 0) is 75.0 Å². The molecule has 2 aliphatic rings. The van der Waals surface area contributed by atoms with Gasteiger partial charge in [0, 0.05) is 19.6 Å². The van der Waals surface area contributed by atoms with Crippen molar-refractivity contribution >= 4 is 15.9 Å². The molecule has 4 rings (SSSR count). The van der Waals surface area contributed by atoms with E-state index in [1.54, 1.807) is 43.5 Å². The fourth-order valence-corrected chi connectivity index (χ4v) is 6.66. The van der Waals surface area contributed by atoms with Gasteiger partial charge >= 0.3 is 0 Å². The number of nitrogens with zero attached hydrogens (tertiary/aromatic N) is 4. The molecular formula is C26H38FN5O3S. The number of benzene rings is 1. The number of aromatic nitrogens is 3. The Morgan fingerprint density at radius 2 is 1.81 bits per heavy atom. The summed E-state index contributed by atoms with van der Waals surface area (Å²) in [5.41, 5.74) is 0.760. The summed E-state index contributed by atoms with van der Waals surface area (Å²) in [6.45, 7) is 5.12. The molecule has 0 spiro atoms. The first-order chi connectivity index (χ1) is 17.2. The summed E-state index contributed by atoms with van der Waals surface area (Å²) >= 11 is 0. The Morgan fingerprint density at radius 1 is 1.14 bits per heavy atom. The summed E-state index contributed by atoms with van der Waals surface area (Å²) in [5.74, 6) is -0.00411. The number of nitrogens with one attached hydrogen (secondary N) is 1. The number of carbonyl (C=O) groups is 1. The van der Waals surface area contributed by atoms with Gasteiger partial charge in [0.2, 0.25) is 15.9 Å². The Morgan fingerprint density at radius 3 is 2.39 bits per heavy atom. The van der Waals surface area contributed by atoms with Crippen molar-refractivity contribution in [3.63, 3.8) is 0 Å². The van der Waals surface area contributed by atoms with E-state index in [4.69, 9.17) is 0 Å². The van der Waals surface area contributed by atoms with Crippen molar-refractivity contribution in [3.8, 4) is 0 Å². The fourth-order valence-electron chi connectivity index (χ4n) is 5.81. The number of piperidine rings is 1. The van der Waals surface area contributed by atoms with Gasteiger partial charge in [-0.15, -0.1) is 0 Å². The Bertz CT molecular complexity index is 1090. The van der Waals surface area contributed by atoms with Gasteiger partial charge in [0.05, 0.1) is 5.25 Å². The van der Waals surface area contributed by atoms with Crippen LogP contribution < -0.4 is 4.72 Å². The first kappa shape index (κ1) is 26.7. The molecule has 1 saturated carbocycles. The highest BCUT2D eigenvalue weighted by Crippen LogP contribution is 2.47. The lowest BCUT2D eigenvalue weighted by Crippen LogP contribution is -2.55. The van der Waals surface area contributed by atoms with E-state index in [2.05, 4.69) is 14.8 Å². The van der Waals surface area contributed by atoms with Crippen molar-refractivity contribution in [2.45, 2.75) is 83.1 Å². The van der Waals surface area contributed by atoms with E-state index in [0.717, 1.165) is 19.4 Å². The second-order valence-electron chi connectivity index (χ2n) is 10.7. The fraction of sp³-hybridized carbons (Fsp3) is 0.654. The SMILES string of the molecule is CC(C)S(=O)(=O)N[C@@H](Cc1ccc(F)cc1)C(=O)N1CCC(Cn2cncn2)(C2CCCCC2)CC1. The van der Waals surface area contributed by atoms with Crippen LogP contribution in [0.4, 0.5) is 4.39 Å². The van der Waals surface area contributed by atoms with Gasteiger partial charge in [0.1, 0.15) is 24.5 Å². The van der Waals surface area contributed by atoms with E-state index in [1.807, 2.05) is 4.68 Å². The van der Waals surface area contributed by atoms with Gasteiger partial charge < -0.3 is 4.90 Å². The highest BCUT2D eigenvalue weighted by Gasteiger charge is 2.44. The van der Waals surface area contributed by atoms with E-state index < -0.39 is 21.3 Å². The summed E-state index contributed by atoms with van der Waals surface area (Å²) in [6.07, 6.45) is 11.4. The van der Waals surface area contributed by atoms with Crippen molar-refractivity contribution in [2.24, 2.45) is 11.3 Å². The summed E-state index contributed by atoms with van der Waals surface area (Å²) < 4.78 is 43.4. The molecule has 198 valence electrons. The Hall–Kier alpha value is -2.33. The molecule has 1 saturated heterocycles. The van der Waals surface area contributed by atoms with Crippen LogP contribution in [0.5, 0.6) is 0 Å². The largest absolute Gasteiger partial charge is 0.341 e. The van der Waals surface area contributed by atoms with Crippen LogP contribution in [0.2, 0.25) is 0 Å². The molecule has 2 fully saturated rings. The highest BCUT2D eigenvalue weighted by molar-refractivity contribution is 7.90. The van der Waals surface area contributed by atoms with Crippen LogP contribution in [0.3, 0.4) is 0 Å². The molecule has 1 aromatic heterocycles. The standard InChI is InChI=1S/C26H38FN5O3S/c1-20(2)36(34,35)30-24(16-21-8-10-23(27)11-9-21)25(33)31-14-12-26(13-15-31,17-32-19-28-18-29-32)22-6-4-3-5-7-22/h8-11,18-20,22,24,30H,3-7,12-17H2,1-2H3/t24-/m0/s1. The Kier molecular flexibility index (Phi) is 8.44. The molecule has 36 heavy (non-hydrogen) atoms. The quantitative estimate of drug-likeness (QED) is 0.547. The number of halogens is 1. The van der Waals surface area contributed by atoms with E-state index in [9.17, 15) is 17.6 Å². The minimum atomic E-state index is -3.67. The summed E-state index contributed by atoms with van der Waals surface area (Å²) in [7, 11) is -3.67. The molecule has 0 radical (unpaired) electrons. The van der Waals surface area contributed by atoms with Gasteiger partial charge in [-0.25, -0.2) is 22.5 Å². The topological polar surface area (TPSA) is 97.2 Å². The first-order valence-electron chi connectivity index (χ1n) is 13.1. The van der Waals surface area contributed by atoms with Crippen LogP contribution in [0.15, 0.2) is 36.9 Å². The highest BCUT2D eigenvalue weighted by atomic mass is 32.2. The molecule has 1 aliphatic heterocycles. The molecule has 0 unspecified atom stereocenters. The van der Waals surface area contributed by atoms with Gasteiger partial charge in [-0.1, -0.05) is 31.4 Å². The summed E-state index contributed by atoms with van der Waals surface area (Å²) in [5, 5.41) is 3.70. The molecule has 8 nitrogen and oxygen atoms in total. The van der Waals surface area contributed by atoms with E-state index in [1.165, 1.54) is 44.2 Å². The second-order valence-corrected chi connectivity index (χ2v) is 13.0. The predicted molar refractivity (Wildman–Crippen MR) is 136 cm³/mol. The number of hydrogen-bond donors (Lipinski definition) is 1. The first-order valence-corrected chi connectivity index (χ1v) is 14.6. The van der Waals surface area contributed by atoms with Crippen LogP contribution >= 0.6 is 0 Å². The molecule has 10 heteroatoms. The van der Waals surface area contributed by atoms with Crippen molar-refractivity contribution in [1.29, 1.82) is 0 Å². The van der Waals surface area contributed by atoms with Crippen LogP contribution in [0.25, 0.3) is 0 Å². The van der Waals surface area contributed by atoms with Gasteiger partial charge in [0.25, 0.3) is 0 Å². The molecule has 1 atom stereocenters. The number of hydrogen-bond acceptors (Lipinski definition) is 5. The van der Waals surface area contributed by atoms with E-state index >= 15 is 0 Å². The van der Waals surface area contributed by atoms with Crippen molar-refractivity contribution in [3.05, 3.63) is 48.3 Å². The summed E-state index contributed by atoms with van der Waals surface area (Å²) in [4.78, 5) is 19.6. The maximum atomic E-state index is 13.7. The molecule has 1 aliphatic carbocycles. The average Bonchev–Trinajstić information content (AvgIpc) is 3.38. The molecule has 1 N–H and O–H groups in total. The number of carbonyl (C=O) groups excluding carboxylic acids is 1. The number of likely N-dealkylation sites (tertiary alicyclic amines) is 1. The van der Waals surface area contributed by atoms with Gasteiger partial charge in [0.15, 0.2) is 0 Å². The normalized spacial score (nSPS) is 19.9. The van der Waals surface area contributed by atoms with Gasteiger partial charge in [-0.3, -0.25) is 9.48 Å². The Labute approximate surface area is 213 Å².